The topological polar surface area (TPSA) is 39.2 Å². The minimum absolute atomic E-state index is 0.0323. The quantitative estimate of drug-likeness (QED) is 0.484. The molecule has 0 fully saturated rings. The van der Waals surface area contributed by atoms with Gasteiger partial charge in [0.1, 0.15) is 0 Å². The van der Waals surface area contributed by atoms with Crippen LogP contribution in [-0.2, 0) is 5.88 Å². The molecule has 9 heteroatoms. The Bertz CT molecular complexity index is 449. The van der Waals surface area contributed by atoms with Crippen molar-refractivity contribution in [3.05, 3.63) is 23.0 Å². The molecule has 1 aromatic rings. The molecule has 3 nitrogen and oxygen atoms in total. The minimum atomic E-state index is -5.16. The molecule has 0 saturated carbocycles. The Labute approximate surface area is 103 Å². The molecule has 0 aromatic carbocycles. The fraction of sp³-hybridized carbons (Fsp3) is 0.333. The maximum Gasteiger partial charge on any atom is 0.573 e. The smallest absolute Gasteiger partial charge is 0.404 e. The second-order valence-electron chi connectivity index (χ2n) is 3.00. The van der Waals surface area contributed by atoms with Crippen LogP contribution in [0.1, 0.15) is 28.0 Å². The van der Waals surface area contributed by atoms with Gasteiger partial charge in [-0.25, -0.2) is 8.78 Å². The summed E-state index contributed by atoms with van der Waals surface area (Å²) >= 11 is 5.34. The fourth-order valence-electron chi connectivity index (χ4n) is 1.23. The lowest BCUT2D eigenvalue weighted by molar-refractivity contribution is -0.275. The van der Waals surface area contributed by atoms with Crippen LogP contribution in [0.15, 0.2) is 6.20 Å². The van der Waals surface area contributed by atoms with E-state index < -0.39 is 29.7 Å². The number of carbonyl (C=O) groups is 1. The van der Waals surface area contributed by atoms with Crippen molar-refractivity contribution >= 4 is 17.9 Å². The van der Waals surface area contributed by atoms with E-state index in [2.05, 4.69) is 9.72 Å². The molecule has 0 amide bonds. The van der Waals surface area contributed by atoms with Crippen LogP contribution in [-0.4, -0.2) is 17.6 Å². The number of nitrogens with zero attached hydrogens (tertiary/aromatic N) is 1. The van der Waals surface area contributed by atoms with Crippen molar-refractivity contribution < 1.29 is 31.5 Å². The zero-order valence-corrected chi connectivity index (χ0v) is 9.23. The Morgan fingerprint density at radius 3 is 2.44 bits per heavy atom. The van der Waals surface area contributed by atoms with Gasteiger partial charge < -0.3 is 4.74 Å². The summed E-state index contributed by atoms with van der Waals surface area (Å²) in [7, 11) is 0. The summed E-state index contributed by atoms with van der Waals surface area (Å²) in [5.41, 5.74) is -2.11. The Morgan fingerprint density at radius 2 is 2.06 bits per heavy atom. The lowest BCUT2D eigenvalue weighted by Gasteiger charge is -2.15. The van der Waals surface area contributed by atoms with Crippen molar-refractivity contribution in [3.63, 3.8) is 0 Å². The molecule has 18 heavy (non-hydrogen) atoms. The number of halogens is 6. The monoisotopic (exact) mass is 289 g/mol. The van der Waals surface area contributed by atoms with Gasteiger partial charge in [-0.1, -0.05) is 0 Å². The van der Waals surface area contributed by atoms with E-state index in [4.69, 9.17) is 11.6 Å². The highest BCUT2D eigenvalue weighted by molar-refractivity contribution is 6.17. The van der Waals surface area contributed by atoms with Gasteiger partial charge in [-0.15, -0.1) is 24.8 Å². The molecule has 0 N–H and O–H groups in total. The Hall–Kier alpha value is -1.44. The van der Waals surface area contributed by atoms with E-state index in [0.29, 0.717) is 6.20 Å². The number of hydrogen-bond donors (Lipinski definition) is 0. The van der Waals surface area contributed by atoms with Crippen molar-refractivity contribution in [1.29, 1.82) is 0 Å². The first-order valence-corrected chi connectivity index (χ1v) is 4.90. The predicted octanol–water partition coefficient (Wildman–Crippen LogP) is 3.47. The molecule has 0 aliphatic heterocycles. The number of aldehydes is 1. The first-order chi connectivity index (χ1) is 8.30. The van der Waals surface area contributed by atoms with Gasteiger partial charge in [0.05, 0.1) is 23.3 Å². The number of rotatable bonds is 4. The zero-order chi connectivity index (χ0) is 13.9. The summed E-state index contributed by atoms with van der Waals surface area (Å²) in [5.74, 6) is -1.60. The van der Waals surface area contributed by atoms with Crippen molar-refractivity contribution in [3.8, 4) is 5.75 Å². The van der Waals surface area contributed by atoms with Gasteiger partial charge in [-0.3, -0.25) is 9.78 Å². The summed E-state index contributed by atoms with van der Waals surface area (Å²) in [4.78, 5) is 14.0. The molecule has 0 spiro atoms. The Kier molecular flexibility index (Phi) is 4.44. The van der Waals surface area contributed by atoms with E-state index in [-0.39, 0.29) is 17.9 Å². The van der Waals surface area contributed by atoms with E-state index in [1.807, 2.05) is 0 Å². The van der Waals surface area contributed by atoms with Crippen molar-refractivity contribution in [2.75, 3.05) is 0 Å². The molecule has 1 aromatic heterocycles. The summed E-state index contributed by atoms with van der Waals surface area (Å²) < 4.78 is 64.8. The molecular weight excluding hydrogens is 285 g/mol. The van der Waals surface area contributed by atoms with E-state index >= 15 is 0 Å². The van der Waals surface area contributed by atoms with E-state index in [0.717, 1.165) is 0 Å². The number of aromatic nitrogens is 1. The molecule has 0 unspecified atom stereocenters. The first kappa shape index (κ1) is 14.6. The van der Waals surface area contributed by atoms with Gasteiger partial charge in [0.25, 0.3) is 6.43 Å². The summed E-state index contributed by atoms with van der Waals surface area (Å²) in [6.45, 7) is 0. The van der Waals surface area contributed by atoms with Crippen LogP contribution in [0.4, 0.5) is 22.0 Å². The number of carbonyl (C=O) groups excluding carboxylic acids is 1. The van der Waals surface area contributed by atoms with Crippen molar-refractivity contribution in [2.24, 2.45) is 0 Å². The lowest BCUT2D eigenvalue weighted by atomic mass is 10.1. The molecule has 0 bridgehead atoms. The number of alkyl halides is 6. The van der Waals surface area contributed by atoms with Crippen LogP contribution in [0, 0.1) is 0 Å². The second kappa shape index (κ2) is 5.47. The standard InChI is InChI=1S/C9H5ClF5NO2/c10-1-5-4(3-17)7(8(11)12)6(2-16-5)18-9(13,14)15/h2-3,8H,1H2. The summed E-state index contributed by atoms with van der Waals surface area (Å²) in [6.07, 6.45) is -8.06. The molecule has 1 rings (SSSR count). The predicted molar refractivity (Wildman–Crippen MR) is 50.8 cm³/mol. The molecule has 0 aliphatic rings. The zero-order valence-electron chi connectivity index (χ0n) is 8.47. The highest BCUT2D eigenvalue weighted by atomic mass is 35.5. The molecule has 0 atom stereocenters. The van der Waals surface area contributed by atoms with Gasteiger partial charge in [0, 0.05) is 5.56 Å². The third-order valence-electron chi connectivity index (χ3n) is 1.89. The van der Waals surface area contributed by atoms with Crippen LogP contribution < -0.4 is 4.74 Å². The van der Waals surface area contributed by atoms with Crippen LogP contribution in [0.3, 0.4) is 0 Å². The van der Waals surface area contributed by atoms with Crippen LogP contribution in [0.2, 0.25) is 0 Å². The normalized spacial score (nSPS) is 11.7. The van der Waals surface area contributed by atoms with Crippen molar-refractivity contribution in [1.82, 2.24) is 4.98 Å². The van der Waals surface area contributed by atoms with Gasteiger partial charge in [0.2, 0.25) is 0 Å². The van der Waals surface area contributed by atoms with E-state index in [9.17, 15) is 26.7 Å². The second-order valence-corrected chi connectivity index (χ2v) is 3.26. The Balaban J connectivity index is 3.39. The highest BCUT2D eigenvalue weighted by Crippen LogP contribution is 2.35. The van der Waals surface area contributed by atoms with Gasteiger partial charge in [-0.05, 0) is 0 Å². The molecule has 0 saturated heterocycles. The van der Waals surface area contributed by atoms with Gasteiger partial charge >= 0.3 is 6.36 Å². The molecule has 100 valence electrons. The third-order valence-corrected chi connectivity index (χ3v) is 2.15. The van der Waals surface area contributed by atoms with Crippen LogP contribution in [0.5, 0.6) is 5.75 Å². The average molecular weight is 290 g/mol. The first-order valence-electron chi connectivity index (χ1n) is 4.37. The number of pyridine rings is 1. The van der Waals surface area contributed by atoms with Gasteiger partial charge in [-0.2, -0.15) is 0 Å². The maximum atomic E-state index is 12.7. The van der Waals surface area contributed by atoms with E-state index in [1.165, 1.54) is 0 Å². The fourth-order valence-corrected chi connectivity index (χ4v) is 1.45. The number of hydrogen-bond acceptors (Lipinski definition) is 3. The summed E-state index contributed by atoms with van der Waals surface area (Å²) in [5, 5.41) is 0. The maximum absolute atomic E-state index is 12.7. The minimum Gasteiger partial charge on any atom is -0.404 e. The average Bonchev–Trinajstić information content (AvgIpc) is 2.25. The van der Waals surface area contributed by atoms with Crippen molar-refractivity contribution in [2.45, 2.75) is 18.7 Å². The SMILES string of the molecule is O=Cc1c(CCl)ncc(OC(F)(F)F)c1C(F)F. The third kappa shape index (κ3) is 3.28. The summed E-state index contributed by atoms with van der Waals surface area (Å²) in [6, 6.07) is 0. The van der Waals surface area contributed by atoms with E-state index in [1.54, 1.807) is 0 Å². The number of ether oxygens (including phenoxy) is 1. The van der Waals surface area contributed by atoms with Gasteiger partial charge in [0.15, 0.2) is 12.0 Å². The van der Waals surface area contributed by atoms with Crippen LogP contribution in [0.25, 0.3) is 0 Å². The largest absolute Gasteiger partial charge is 0.573 e. The highest BCUT2D eigenvalue weighted by Gasteiger charge is 2.34. The lowest BCUT2D eigenvalue weighted by Crippen LogP contribution is -2.19. The van der Waals surface area contributed by atoms with Crippen LogP contribution >= 0.6 is 11.6 Å². The molecule has 1 heterocycles. The molecule has 0 radical (unpaired) electrons. The molecule has 0 aliphatic carbocycles. The Morgan fingerprint density at radius 1 is 1.44 bits per heavy atom. The molecular formula is C9H5ClF5NO2.